The Morgan fingerprint density at radius 3 is 2.25 bits per heavy atom. The fourth-order valence-electron chi connectivity index (χ4n) is 4.14. The highest BCUT2D eigenvalue weighted by Gasteiger charge is 2.38. The van der Waals surface area contributed by atoms with Gasteiger partial charge in [0.15, 0.2) is 5.69 Å². The van der Waals surface area contributed by atoms with Crippen molar-refractivity contribution in [2.45, 2.75) is 11.8 Å². The van der Waals surface area contributed by atoms with Gasteiger partial charge in [-0.3, -0.25) is 4.79 Å². The molecule has 162 valence electrons. The first-order chi connectivity index (χ1) is 15.5. The van der Waals surface area contributed by atoms with E-state index in [2.05, 4.69) is 5.10 Å². The van der Waals surface area contributed by atoms with Gasteiger partial charge >= 0.3 is 5.97 Å². The number of carboxylic acid groups (broad SMARTS) is 1. The molecule has 0 saturated carbocycles. The second-order valence-corrected chi connectivity index (χ2v) is 7.38. The number of aromatic carboxylic acids is 1. The maximum Gasteiger partial charge on any atom is 0.357 e. The third-order valence-electron chi connectivity index (χ3n) is 5.71. The number of fused-ring (bicyclic) bond motifs is 1. The van der Waals surface area contributed by atoms with Crippen molar-refractivity contribution in [1.29, 1.82) is 0 Å². The number of carbonyl (C=O) groups is 2. The number of aromatic nitrogens is 2. The Kier molecular flexibility index (Phi) is 5.64. The molecule has 7 heteroatoms. The highest BCUT2D eigenvalue weighted by atomic mass is 16.5. The Hall–Kier alpha value is -4.13. The largest absolute Gasteiger partial charge is 0.497 e. The second-order valence-electron chi connectivity index (χ2n) is 7.38. The van der Waals surface area contributed by atoms with E-state index in [0.717, 1.165) is 11.1 Å². The number of aldehydes is 1. The predicted molar refractivity (Wildman–Crippen MR) is 120 cm³/mol. The molecule has 1 aliphatic carbocycles. The molecule has 7 nitrogen and oxygen atoms in total. The minimum Gasteiger partial charge on any atom is -0.497 e. The third kappa shape index (κ3) is 3.58. The third-order valence-corrected chi connectivity index (χ3v) is 5.71. The number of methoxy groups -OCH3 is 2. The van der Waals surface area contributed by atoms with Crippen molar-refractivity contribution < 1.29 is 24.2 Å². The van der Waals surface area contributed by atoms with Crippen molar-refractivity contribution in [1.82, 2.24) is 9.78 Å². The zero-order chi connectivity index (χ0) is 22.7. The summed E-state index contributed by atoms with van der Waals surface area (Å²) in [6.07, 6.45) is 7.60. The van der Waals surface area contributed by atoms with E-state index in [0.29, 0.717) is 35.5 Å². The summed E-state index contributed by atoms with van der Waals surface area (Å²) in [5, 5.41) is 13.9. The molecule has 0 spiro atoms. The lowest BCUT2D eigenvalue weighted by molar-refractivity contribution is -0.104. The lowest BCUT2D eigenvalue weighted by Crippen LogP contribution is -2.31. The van der Waals surface area contributed by atoms with E-state index in [-0.39, 0.29) is 5.69 Å². The van der Waals surface area contributed by atoms with Crippen molar-refractivity contribution in [2.24, 2.45) is 0 Å². The van der Waals surface area contributed by atoms with Gasteiger partial charge in [0.25, 0.3) is 0 Å². The van der Waals surface area contributed by atoms with E-state index >= 15 is 0 Å². The van der Waals surface area contributed by atoms with Crippen LogP contribution in [0.3, 0.4) is 0 Å². The van der Waals surface area contributed by atoms with Gasteiger partial charge in [-0.1, -0.05) is 36.4 Å². The van der Waals surface area contributed by atoms with Gasteiger partial charge in [-0.05, 0) is 41.5 Å². The van der Waals surface area contributed by atoms with Crippen molar-refractivity contribution >= 4 is 24.5 Å². The van der Waals surface area contributed by atoms with Gasteiger partial charge in [-0.25, -0.2) is 9.48 Å². The van der Waals surface area contributed by atoms with Crippen molar-refractivity contribution in [2.75, 3.05) is 14.2 Å². The van der Waals surface area contributed by atoms with Crippen LogP contribution >= 0.6 is 0 Å². The smallest absolute Gasteiger partial charge is 0.357 e. The first-order valence-corrected chi connectivity index (χ1v) is 9.97. The molecule has 1 heterocycles. The van der Waals surface area contributed by atoms with Gasteiger partial charge in [-0.2, -0.15) is 5.10 Å². The monoisotopic (exact) mass is 430 g/mol. The van der Waals surface area contributed by atoms with Crippen molar-refractivity contribution in [3.05, 3.63) is 88.8 Å². The molecule has 1 aliphatic rings. The van der Waals surface area contributed by atoms with E-state index < -0.39 is 11.4 Å². The number of nitrogens with zero attached hydrogens (tertiary/aromatic N) is 2. The molecular formula is C25H22N2O5. The Morgan fingerprint density at radius 1 is 1.09 bits per heavy atom. The van der Waals surface area contributed by atoms with Crippen LogP contribution in [0, 0.1) is 0 Å². The van der Waals surface area contributed by atoms with E-state index in [1.54, 1.807) is 20.3 Å². The Morgan fingerprint density at radius 2 is 1.72 bits per heavy atom. The van der Waals surface area contributed by atoms with Crippen LogP contribution in [-0.4, -0.2) is 41.4 Å². The summed E-state index contributed by atoms with van der Waals surface area (Å²) in [5.41, 5.74) is 2.45. The van der Waals surface area contributed by atoms with Gasteiger partial charge < -0.3 is 14.6 Å². The van der Waals surface area contributed by atoms with E-state index in [4.69, 9.17) is 9.47 Å². The van der Waals surface area contributed by atoms with Crippen LogP contribution < -0.4 is 9.47 Å². The summed E-state index contributed by atoms with van der Waals surface area (Å²) in [6, 6.07) is 15.6. The van der Waals surface area contributed by atoms with E-state index in [1.807, 2.05) is 54.6 Å². The normalized spacial score (nSPS) is 14.2. The molecule has 0 fully saturated rings. The highest BCUT2D eigenvalue weighted by Crippen LogP contribution is 2.44. The molecule has 4 rings (SSSR count). The minimum atomic E-state index is -1.13. The van der Waals surface area contributed by atoms with Gasteiger partial charge in [0.1, 0.15) is 17.8 Å². The maximum atomic E-state index is 11.8. The zero-order valence-corrected chi connectivity index (χ0v) is 17.7. The number of rotatable bonds is 7. The highest BCUT2D eigenvalue weighted by molar-refractivity contribution is 5.91. The maximum absolute atomic E-state index is 11.8. The number of hydrogen-bond donors (Lipinski definition) is 1. The summed E-state index contributed by atoms with van der Waals surface area (Å²) in [5.74, 6) is 0.300. The van der Waals surface area contributed by atoms with E-state index in [1.165, 1.54) is 17.0 Å². The molecule has 0 atom stereocenters. The number of carboxylic acids is 1. The van der Waals surface area contributed by atoms with Crippen LogP contribution in [0.5, 0.6) is 11.5 Å². The fourth-order valence-corrected chi connectivity index (χ4v) is 4.14. The lowest BCUT2D eigenvalue weighted by Gasteiger charge is -2.35. The number of allylic oxidation sites excluding steroid dienone is 2. The fraction of sp³-hybridized carbons (Fsp3) is 0.160. The molecule has 1 N–H and O–H groups in total. The summed E-state index contributed by atoms with van der Waals surface area (Å²) in [7, 11) is 3.23. The summed E-state index contributed by atoms with van der Waals surface area (Å²) < 4.78 is 12.4. The summed E-state index contributed by atoms with van der Waals surface area (Å²) in [4.78, 5) is 22.7. The van der Waals surface area contributed by atoms with Gasteiger partial charge in [0, 0.05) is 23.6 Å². The Labute approximate surface area is 185 Å². The van der Waals surface area contributed by atoms with Crippen LogP contribution in [0.4, 0.5) is 0 Å². The predicted octanol–water partition coefficient (Wildman–Crippen LogP) is 3.82. The van der Waals surface area contributed by atoms with Gasteiger partial charge in [0.05, 0.1) is 19.9 Å². The van der Waals surface area contributed by atoms with Gasteiger partial charge in [-0.15, -0.1) is 0 Å². The molecular weight excluding hydrogens is 408 g/mol. The molecule has 0 saturated heterocycles. The van der Waals surface area contributed by atoms with Crippen LogP contribution in [0.25, 0.3) is 12.3 Å². The molecule has 32 heavy (non-hydrogen) atoms. The second kappa shape index (κ2) is 8.55. The zero-order valence-electron chi connectivity index (χ0n) is 17.7. The molecule has 0 aliphatic heterocycles. The molecule has 0 bridgehead atoms. The van der Waals surface area contributed by atoms with Crippen molar-refractivity contribution in [3.63, 3.8) is 0 Å². The number of ether oxygens (including phenoxy) is 2. The molecule has 0 amide bonds. The topological polar surface area (TPSA) is 90.7 Å². The van der Waals surface area contributed by atoms with Crippen LogP contribution in [0.1, 0.15) is 32.9 Å². The van der Waals surface area contributed by atoms with Crippen LogP contribution in [0.2, 0.25) is 0 Å². The molecule has 0 unspecified atom stereocenters. The number of carbonyl (C=O) groups excluding carboxylic acids is 1. The SMILES string of the molecule is COc1cccc(C2(c3cccc(OC)c3)C=Cc3c(C(=O)O)nn(C=CC=O)c3C2)c1. The minimum absolute atomic E-state index is 0.0586. The quantitative estimate of drug-likeness (QED) is 0.453. The summed E-state index contributed by atoms with van der Waals surface area (Å²) >= 11 is 0. The average Bonchev–Trinajstić information content (AvgIpc) is 3.20. The first-order valence-electron chi connectivity index (χ1n) is 9.97. The van der Waals surface area contributed by atoms with Crippen molar-refractivity contribution in [3.8, 4) is 11.5 Å². The van der Waals surface area contributed by atoms with E-state index in [9.17, 15) is 14.7 Å². The first kappa shape index (κ1) is 21.1. The standard InChI is InChI=1S/C25H22N2O5/c1-31-19-8-3-6-17(14-19)25(18-7-4-9-20(15-18)32-2)11-10-21-22(16-25)27(12-5-13-28)26-23(21)24(29)30/h3-15H,16H2,1-2H3,(H,29,30). The molecule has 0 radical (unpaired) electrons. The number of benzene rings is 2. The lowest BCUT2D eigenvalue weighted by atomic mass is 9.68. The molecule has 2 aromatic carbocycles. The van der Waals surface area contributed by atoms with Crippen LogP contribution in [-0.2, 0) is 16.6 Å². The molecule has 1 aromatic heterocycles. The number of hydrogen-bond acceptors (Lipinski definition) is 5. The van der Waals surface area contributed by atoms with Crippen LogP contribution in [0.15, 0.2) is 60.7 Å². The Bertz CT molecular complexity index is 1190. The Balaban J connectivity index is 1.97. The van der Waals surface area contributed by atoms with Gasteiger partial charge in [0.2, 0.25) is 0 Å². The average molecular weight is 430 g/mol. The molecule has 3 aromatic rings. The summed E-state index contributed by atoms with van der Waals surface area (Å²) in [6.45, 7) is 0.